The number of nitrogens with zero attached hydrogens (tertiary/aromatic N) is 1. The maximum atomic E-state index is 14.8. The highest BCUT2D eigenvalue weighted by Crippen LogP contribution is 2.55. The Morgan fingerprint density at radius 2 is 1.54 bits per heavy atom. The van der Waals surface area contributed by atoms with Gasteiger partial charge in [-0.1, -0.05) is 36.4 Å². The fourth-order valence-electron chi connectivity index (χ4n) is 4.66. The number of rotatable bonds is 8. The fraction of sp³-hybridized carbons (Fsp3) is 0.462. The zero-order valence-corrected chi connectivity index (χ0v) is 21.3. The molecule has 0 radical (unpaired) electrons. The number of hydrogen-bond acceptors (Lipinski definition) is 5. The molecular formula is C26H27F4N3O3S. The molecule has 2 aromatic carbocycles. The molecule has 3 atom stereocenters. The van der Waals surface area contributed by atoms with Crippen LogP contribution in [0.25, 0.3) is 11.1 Å². The van der Waals surface area contributed by atoms with E-state index in [9.17, 15) is 36.0 Å². The van der Waals surface area contributed by atoms with Crippen LogP contribution >= 0.6 is 0 Å². The van der Waals surface area contributed by atoms with Gasteiger partial charge in [0, 0.05) is 12.2 Å². The average molecular weight is 538 g/mol. The number of hydrogen-bond donors (Lipinski definition) is 2. The van der Waals surface area contributed by atoms with Gasteiger partial charge in [-0.15, -0.1) is 0 Å². The summed E-state index contributed by atoms with van der Waals surface area (Å²) in [4.78, 5) is 13.3. The van der Waals surface area contributed by atoms with Crippen LogP contribution in [-0.2, 0) is 14.6 Å². The second-order valence-corrected chi connectivity index (χ2v) is 12.5. The molecule has 2 N–H and O–H groups in total. The first kappa shape index (κ1) is 27.1. The van der Waals surface area contributed by atoms with Crippen molar-refractivity contribution in [2.24, 2.45) is 5.92 Å². The number of sulfone groups is 1. The Labute approximate surface area is 213 Å². The highest BCUT2D eigenvalue weighted by atomic mass is 32.2. The molecule has 2 aliphatic carbocycles. The van der Waals surface area contributed by atoms with E-state index in [-0.39, 0.29) is 16.9 Å². The summed E-state index contributed by atoms with van der Waals surface area (Å²) in [7, 11) is -3.39. The molecule has 0 spiro atoms. The molecule has 2 fully saturated rings. The first-order valence-electron chi connectivity index (χ1n) is 11.7. The molecule has 0 saturated heterocycles. The lowest BCUT2D eigenvalue weighted by molar-refractivity contribution is -0.162. The second kappa shape index (κ2) is 8.81. The van der Waals surface area contributed by atoms with Crippen molar-refractivity contribution in [1.29, 1.82) is 5.26 Å². The Morgan fingerprint density at radius 1 is 1.03 bits per heavy atom. The minimum Gasteiger partial charge on any atom is -0.336 e. The van der Waals surface area contributed by atoms with Gasteiger partial charge in [0.25, 0.3) is 0 Å². The fourth-order valence-corrected chi connectivity index (χ4v) is 5.29. The third-order valence-electron chi connectivity index (χ3n) is 7.10. The van der Waals surface area contributed by atoms with E-state index in [0.717, 1.165) is 6.26 Å². The van der Waals surface area contributed by atoms with E-state index < -0.39 is 50.6 Å². The molecule has 2 aromatic rings. The molecule has 2 saturated carbocycles. The van der Waals surface area contributed by atoms with Gasteiger partial charge in [0.05, 0.1) is 11.0 Å². The van der Waals surface area contributed by atoms with Crippen molar-refractivity contribution in [1.82, 2.24) is 10.6 Å². The second-order valence-electron chi connectivity index (χ2n) is 10.5. The van der Waals surface area contributed by atoms with Gasteiger partial charge >= 0.3 is 6.18 Å². The smallest absolute Gasteiger partial charge is 0.336 e. The average Bonchev–Trinajstić information content (AvgIpc) is 3.72. The molecule has 37 heavy (non-hydrogen) atoms. The van der Waals surface area contributed by atoms with Crippen LogP contribution in [0.3, 0.4) is 0 Å². The quantitative estimate of drug-likeness (QED) is 0.479. The van der Waals surface area contributed by atoms with Gasteiger partial charge in [-0.25, -0.2) is 12.8 Å². The highest BCUT2D eigenvalue weighted by Gasteiger charge is 2.69. The van der Waals surface area contributed by atoms with Crippen molar-refractivity contribution in [2.75, 3.05) is 6.26 Å². The number of carbonyl (C=O) groups is 1. The van der Waals surface area contributed by atoms with E-state index in [1.54, 1.807) is 12.1 Å². The van der Waals surface area contributed by atoms with Crippen LogP contribution in [0.5, 0.6) is 0 Å². The monoisotopic (exact) mass is 537 g/mol. The maximum Gasteiger partial charge on any atom is 0.407 e. The van der Waals surface area contributed by atoms with Crippen molar-refractivity contribution < 1.29 is 30.8 Å². The van der Waals surface area contributed by atoms with Gasteiger partial charge in [-0.3, -0.25) is 10.1 Å². The normalized spacial score (nSPS) is 23.6. The van der Waals surface area contributed by atoms with Crippen molar-refractivity contribution in [3.63, 3.8) is 0 Å². The minimum atomic E-state index is -4.80. The van der Waals surface area contributed by atoms with Crippen molar-refractivity contribution in [3.05, 3.63) is 54.1 Å². The SMILES string of the molecule is CC(C)(F)C1CC1(N[C@@H](c1ccc(-c2ccc(S(C)(=O)=O)cc2)cc1)C(F)(F)F)C(=O)NC1(C#N)CC1. The number of carbonyl (C=O) groups excluding carboxylic acids is 1. The number of nitriles is 1. The molecule has 0 bridgehead atoms. The first-order valence-corrected chi connectivity index (χ1v) is 13.6. The molecule has 0 heterocycles. The number of amides is 1. The van der Waals surface area contributed by atoms with Crippen LogP contribution in [0.4, 0.5) is 17.6 Å². The molecule has 2 aliphatic rings. The summed E-state index contributed by atoms with van der Waals surface area (Å²) in [6.45, 7) is 2.44. The summed E-state index contributed by atoms with van der Waals surface area (Å²) in [5, 5.41) is 14.3. The summed E-state index contributed by atoms with van der Waals surface area (Å²) >= 11 is 0. The predicted molar refractivity (Wildman–Crippen MR) is 129 cm³/mol. The molecule has 2 unspecified atom stereocenters. The van der Waals surface area contributed by atoms with Crippen LogP contribution in [0.1, 0.15) is 44.7 Å². The first-order chi connectivity index (χ1) is 17.0. The summed E-state index contributed by atoms with van der Waals surface area (Å²) in [5.41, 5.74) is -3.84. The summed E-state index contributed by atoms with van der Waals surface area (Å²) in [6, 6.07) is 11.2. The van der Waals surface area contributed by atoms with E-state index in [2.05, 4.69) is 10.6 Å². The molecule has 11 heteroatoms. The molecule has 6 nitrogen and oxygen atoms in total. The van der Waals surface area contributed by atoms with E-state index in [4.69, 9.17) is 0 Å². The maximum absolute atomic E-state index is 14.8. The summed E-state index contributed by atoms with van der Waals surface area (Å²) in [5.74, 6) is -1.81. The van der Waals surface area contributed by atoms with E-state index in [1.807, 2.05) is 6.07 Å². The molecule has 1 amide bonds. The van der Waals surface area contributed by atoms with Crippen molar-refractivity contribution in [3.8, 4) is 17.2 Å². The zero-order valence-electron chi connectivity index (χ0n) is 20.5. The largest absolute Gasteiger partial charge is 0.407 e. The van der Waals surface area contributed by atoms with Gasteiger partial charge in [-0.05, 0) is 61.9 Å². The number of alkyl halides is 4. The predicted octanol–water partition coefficient (Wildman–Crippen LogP) is 4.63. The Balaban J connectivity index is 1.62. The number of nitrogens with one attached hydrogen (secondary N) is 2. The van der Waals surface area contributed by atoms with Crippen LogP contribution in [0.2, 0.25) is 0 Å². The highest BCUT2D eigenvalue weighted by molar-refractivity contribution is 7.90. The minimum absolute atomic E-state index is 0.122. The summed E-state index contributed by atoms with van der Waals surface area (Å²) in [6.07, 6.45) is -3.07. The van der Waals surface area contributed by atoms with Crippen LogP contribution in [0.15, 0.2) is 53.4 Å². The van der Waals surface area contributed by atoms with Gasteiger partial charge in [-0.2, -0.15) is 18.4 Å². The lowest BCUT2D eigenvalue weighted by Gasteiger charge is -2.30. The van der Waals surface area contributed by atoms with E-state index >= 15 is 0 Å². The van der Waals surface area contributed by atoms with Gasteiger partial charge < -0.3 is 5.32 Å². The topological polar surface area (TPSA) is 99.1 Å². The van der Waals surface area contributed by atoms with Crippen LogP contribution < -0.4 is 10.6 Å². The van der Waals surface area contributed by atoms with Crippen LogP contribution in [-0.4, -0.2) is 43.5 Å². The standard InChI is InChI=1S/C26H27F4N3O3S/c1-23(2,27)20-14-25(20,22(34)33-24(15-31)12-13-24)32-21(26(28,29)30)18-6-4-16(5-7-18)17-8-10-19(11-9-17)37(3,35)36/h4-11,20-21,32H,12-14H2,1-3H3,(H,33,34)/t20?,21-,25?/m0/s1. The van der Waals surface area contributed by atoms with E-state index in [0.29, 0.717) is 24.0 Å². The Kier molecular flexibility index (Phi) is 6.44. The zero-order chi connectivity index (χ0) is 27.4. The third-order valence-corrected chi connectivity index (χ3v) is 8.23. The lowest BCUT2D eigenvalue weighted by atomic mass is 9.96. The molecule has 198 valence electrons. The molecule has 0 aliphatic heterocycles. The lowest BCUT2D eigenvalue weighted by Crippen LogP contribution is -2.56. The Hall–Kier alpha value is -2.97. The molecular weight excluding hydrogens is 510 g/mol. The van der Waals surface area contributed by atoms with E-state index in [1.165, 1.54) is 50.2 Å². The van der Waals surface area contributed by atoms with Gasteiger partial charge in [0.15, 0.2) is 9.84 Å². The number of benzene rings is 2. The van der Waals surface area contributed by atoms with Crippen LogP contribution in [0, 0.1) is 17.2 Å². The Morgan fingerprint density at radius 3 is 1.92 bits per heavy atom. The van der Waals surface area contributed by atoms with Gasteiger partial charge in [0.1, 0.15) is 22.8 Å². The number of halogens is 4. The Bertz CT molecular complexity index is 1340. The van der Waals surface area contributed by atoms with Crippen molar-refractivity contribution in [2.45, 2.75) is 67.0 Å². The third kappa shape index (κ3) is 5.50. The van der Waals surface area contributed by atoms with Gasteiger partial charge in [0.2, 0.25) is 5.91 Å². The molecule has 0 aromatic heterocycles. The summed E-state index contributed by atoms with van der Waals surface area (Å²) < 4.78 is 80.9. The van der Waals surface area contributed by atoms with Crippen molar-refractivity contribution >= 4 is 15.7 Å². The molecule has 4 rings (SSSR count).